The van der Waals surface area contributed by atoms with Crippen LogP contribution in [0.15, 0.2) is 9.47 Å². The van der Waals surface area contributed by atoms with Gasteiger partial charge in [-0.3, -0.25) is 0 Å². The molecule has 5 heteroatoms. The number of halogens is 1. The molecule has 0 aliphatic heterocycles. The van der Waals surface area contributed by atoms with Crippen molar-refractivity contribution in [1.29, 1.82) is 0 Å². The lowest BCUT2D eigenvalue weighted by atomic mass is 10.5. The number of isocyanates is 1. The number of hydrogen-bond donors (Lipinski definition) is 0. The molecule has 0 spiro atoms. The van der Waals surface area contributed by atoms with Gasteiger partial charge in [0.1, 0.15) is 0 Å². The molecular weight excluding hydrogens is 210 g/mol. The summed E-state index contributed by atoms with van der Waals surface area (Å²) in [5, 5.41) is 4.03. The molecule has 0 aliphatic carbocycles. The molecule has 0 saturated heterocycles. The Morgan fingerprint density at radius 2 is 2.36 bits per heavy atom. The highest BCUT2D eigenvalue weighted by atomic mass is 79.9. The van der Waals surface area contributed by atoms with Crippen molar-refractivity contribution in [2.24, 2.45) is 12.0 Å². The molecule has 1 aromatic rings. The highest BCUT2D eigenvalue weighted by molar-refractivity contribution is 9.10. The van der Waals surface area contributed by atoms with E-state index in [1.54, 1.807) is 7.05 Å². The van der Waals surface area contributed by atoms with Crippen molar-refractivity contribution in [3.05, 3.63) is 10.2 Å². The molecular formula is C6H6BrN3O. The lowest BCUT2D eigenvalue weighted by molar-refractivity contribution is 0.564. The van der Waals surface area contributed by atoms with Gasteiger partial charge in [-0.05, 0) is 22.9 Å². The van der Waals surface area contributed by atoms with E-state index in [0.29, 0.717) is 5.82 Å². The first-order chi connectivity index (χ1) is 5.16. The van der Waals surface area contributed by atoms with Crippen molar-refractivity contribution >= 4 is 27.8 Å². The van der Waals surface area contributed by atoms with Gasteiger partial charge in [-0.2, -0.15) is 5.10 Å². The summed E-state index contributed by atoms with van der Waals surface area (Å²) in [6.45, 7) is 1.83. The van der Waals surface area contributed by atoms with Gasteiger partial charge < -0.3 is 0 Å². The maximum Gasteiger partial charge on any atom is 0.242 e. The molecule has 1 rings (SSSR count). The van der Waals surface area contributed by atoms with Gasteiger partial charge in [0, 0.05) is 7.05 Å². The van der Waals surface area contributed by atoms with Crippen LogP contribution in [0.3, 0.4) is 0 Å². The van der Waals surface area contributed by atoms with Crippen LogP contribution in [0.25, 0.3) is 0 Å². The fourth-order valence-electron chi connectivity index (χ4n) is 0.785. The van der Waals surface area contributed by atoms with Crippen molar-refractivity contribution in [2.45, 2.75) is 6.92 Å². The Morgan fingerprint density at radius 1 is 1.73 bits per heavy atom. The van der Waals surface area contributed by atoms with Crippen LogP contribution < -0.4 is 0 Å². The zero-order valence-corrected chi connectivity index (χ0v) is 7.71. The molecule has 0 amide bonds. The Kier molecular flexibility index (Phi) is 2.22. The highest BCUT2D eigenvalue weighted by Gasteiger charge is 2.08. The predicted octanol–water partition coefficient (Wildman–Crippen LogP) is 1.46. The van der Waals surface area contributed by atoms with Gasteiger partial charge in [0.2, 0.25) is 6.08 Å². The van der Waals surface area contributed by atoms with E-state index < -0.39 is 0 Å². The van der Waals surface area contributed by atoms with E-state index in [-0.39, 0.29) is 0 Å². The van der Waals surface area contributed by atoms with Crippen LogP contribution in [0.4, 0.5) is 5.82 Å². The normalized spacial score (nSPS) is 9.36. The summed E-state index contributed by atoms with van der Waals surface area (Å²) in [6.07, 6.45) is 1.46. The molecule has 0 N–H and O–H groups in total. The first-order valence-corrected chi connectivity index (χ1v) is 3.73. The van der Waals surface area contributed by atoms with Crippen LogP contribution in [0.5, 0.6) is 0 Å². The minimum Gasteiger partial charge on any atom is -0.249 e. The molecule has 0 radical (unpaired) electrons. The maximum absolute atomic E-state index is 9.93. The van der Waals surface area contributed by atoms with Crippen molar-refractivity contribution in [3.8, 4) is 0 Å². The van der Waals surface area contributed by atoms with E-state index in [1.807, 2.05) is 6.92 Å². The molecule has 0 bridgehead atoms. The van der Waals surface area contributed by atoms with Gasteiger partial charge in [-0.15, -0.1) is 4.99 Å². The lowest BCUT2D eigenvalue weighted by Crippen LogP contribution is -1.88. The zero-order valence-electron chi connectivity index (χ0n) is 6.13. The average molecular weight is 216 g/mol. The molecule has 11 heavy (non-hydrogen) atoms. The monoisotopic (exact) mass is 215 g/mol. The van der Waals surface area contributed by atoms with Crippen LogP contribution >= 0.6 is 15.9 Å². The first kappa shape index (κ1) is 8.17. The van der Waals surface area contributed by atoms with Gasteiger partial charge in [0.05, 0.1) is 10.2 Å². The molecule has 1 aromatic heterocycles. The Labute approximate surface area is 72.1 Å². The van der Waals surface area contributed by atoms with Gasteiger partial charge >= 0.3 is 0 Å². The number of aromatic nitrogens is 2. The maximum atomic E-state index is 9.93. The van der Waals surface area contributed by atoms with E-state index in [4.69, 9.17) is 0 Å². The number of aryl methyl sites for hydroxylation is 2. The van der Waals surface area contributed by atoms with Crippen molar-refractivity contribution < 1.29 is 4.79 Å². The standard InChI is InChI=1S/C6H6BrN3O/c1-4-5(7)6(8-3-11)10(2)9-4/h1-2H3. The summed E-state index contributed by atoms with van der Waals surface area (Å²) in [5.74, 6) is 0.498. The molecule has 0 unspecified atom stereocenters. The van der Waals surface area contributed by atoms with Gasteiger partial charge in [0.15, 0.2) is 5.82 Å². The van der Waals surface area contributed by atoms with Crippen LogP contribution in [-0.2, 0) is 11.8 Å². The Hall–Kier alpha value is -0.930. The summed E-state index contributed by atoms with van der Waals surface area (Å²) in [5.41, 5.74) is 0.807. The minimum atomic E-state index is 0.498. The summed E-state index contributed by atoms with van der Waals surface area (Å²) in [6, 6.07) is 0. The molecule has 0 fully saturated rings. The Morgan fingerprint density at radius 3 is 2.73 bits per heavy atom. The highest BCUT2D eigenvalue weighted by Crippen LogP contribution is 2.26. The largest absolute Gasteiger partial charge is 0.249 e. The fourth-order valence-corrected chi connectivity index (χ4v) is 1.21. The van der Waals surface area contributed by atoms with Crippen molar-refractivity contribution in [2.75, 3.05) is 0 Å². The second-order valence-electron chi connectivity index (χ2n) is 2.05. The molecule has 0 aliphatic rings. The summed E-state index contributed by atoms with van der Waals surface area (Å²) < 4.78 is 2.26. The molecule has 0 atom stereocenters. The van der Waals surface area contributed by atoms with E-state index in [1.165, 1.54) is 10.8 Å². The predicted molar refractivity (Wildman–Crippen MR) is 43.4 cm³/mol. The number of rotatable bonds is 1. The fraction of sp³-hybridized carbons (Fsp3) is 0.333. The molecule has 58 valence electrons. The van der Waals surface area contributed by atoms with Crippen LogP contribution in [-0.4, -0.2) is 15.9 Å². The van der Waals surface area contributed by atoms with E-state index in [9.17, 15) is 4.79 Å². The van der Waals surface area contributed by atoms with Crippen molar-refractivity contribution in [3.63, 3.8) is 0 Å². The number of carbonyl (C=O) groups excluding carboxylic acids is 1. The summed E-state index contributed by atoms with van der Waals surface area (Å²) in [7, 11) is 1.72. The summed E-state index contributed by atoms with van der Waals surface area (Å²) >= 11 is 3.25. The van der Waals surface area contributed by atoms with Gasteiger partial charge in [-0.25, -0.2) is 9.48 Å². The van der Waals surface area contributed by atoms with Crippen LogP contribution in [0.1, 0.15) is 5.69 Å². The quantitative estimate of drug-likeness (QED) is 0.526. The second kappa shape index (κ2) is 2.98. The number of aliphatic imine (C=N–C) groups is 1. The van der Waals surface area contributed by atoms with E-state index in [0.717, 1.165) is 10.2 Å². The topological polar surface area (TPSA) is 47.2 Å². The minimum absolute atomic E-state index is 0.498. The average Bonchev–Trinajstić information content (AvgIpc) is 2.17. The number of hydrogen-bond acceptors (Lipinski definition) is 3. The van der Waals surface area contributed by atoms with Gasteiger partial charge in [-0.1, -0.05) is 0 Å². The molecule has 0 aromatic carbocycles. The zero-order chi connectivity index (χ0) is 8.43. The first-order valence-electron chi connectivity index (χ1n) is 2.93. The van der Waals surface area contributed by atoms with Crippen LogP contribution in [0, 0.1) is 6.92 Å². The van der Waals surface area contributed by atoms with Crippen molar-refractivity contribution in [1.82, 2.24) is 9.78 Å². The van der Waals surface area contributed by atoms with E-state index in [2.05, 4.69) is 26.0 Å². The number of nitrogens with zero attached hydrogens (tertiary/aromatic N) is 3. The molecule has 0 saturated carbocycles. The van der Waals surface area contributed by atoms with Gasteiger partial charge in [0.25, 0.3) is 0 Å². The smallest absolute Gasteiger partial charge is 0.242 e. The second-order valence-corrected chi connectivity index (χ2v) is 2.84. The molecule has 1 heterocycles. The third kappa shape index (κ3) is 1.39. The Bertz CT molecular complexity index is 325. The van der Waals surface area contributed by atoms with E-state index >= 15 is 0 Å². The lowest BCUT2D eigenvalue weighted by Gasteiger charge is -1.89. The van der Waals surface area contributed by atoms with Crippen LogP contribution in [0.2, 0.25) is 0 Å². The SMILES string of the molecule is Cc1nn(C)c(N=C=O)c1Br. The third-order valence-electron chi connectivity index (χ3n) is 1.27. The Balaban J connectivity index is 3.33. The third-order valence-corrected chi connectivity index (χ3v) is 2.20. The summed E-state index contributed by atoms with van der Waals surface area (Å²) in [4.78, 5) is 13.4. The molecule has 4 nitrogen and oxygen atoms in total.